The molecule has 0 radical (unpaired) electrons. The van der Waals surface area contributed by atoms with Crippen LogP contribution in [0.5, 0.6) is 5.75 Å². The van der Waals surface area contributed by atoms with Crippen molar-refractivity contribution in [2.75, 3.05) is 24.6 Å². The van der Waals surface area contributed by atoms with Crippen LogP contribution in [0.4, 0.5) is 19.0 Å². The van der Waals surface area contributed by atoms with Gasteiger partial charge in [-0.25, -0.2) is 4.98 Å². The minimum Gasteiger partial charge on any atom is -0.484 e. The second-order valence-electron chi connectivity index (χ2n) is 7.01. The van der Waals surface area contributed by atoms with Crippen molar-refractivity contribution in [1.29, 1.82) is 0 Å². The van der Waals surface area contributed by atoms with Gasteiger partial charge in [0.25, 0.3) is 5.91 Å². The first-order valence-corrected chi connectivity index (χ1v) is 9.68. The Morgan fingerprint density at radius 3 is 2.31 bits per heavy atom. The lowest BCUT2D eigenvalue weighted by atomic mass is 10.2. The van der Waals surface area contributed by atoms with Crippen LogP contribution in [0.15, 0.2) is 42.6 Å². The fourth-order valence-electron chi connectivity index (χ4n) is 3.15. The molecule has 2 heterocycles. The fourth-order valence-corrected chi connectivity index (χ4v) is 3.15. The molecule has 0 atom stereocenters. The van der Waals surface area contributed by atoms with Crippen LogP contribution in [0.25, 0.3) is 0 Å². The molecule has 1 fully saturated rings. The number of anilines is 1. The van der Waals surface area contributed by atoms with E-state index in [9.17, 15) is 18.0 Å². The van der Waals surface area contributed by atoms with Crippen LogP contribution in [0.1, 0.15) is 36.8 Å². The second-order valence-corrected chi connectivity index (χ2v) is 7.01. The number of benzene rings is 1. The van der Waals surface area contributed by atoms with Crippen molar-refractivity contribution in [3.8, 4) is 5.75 Å². The van der Waals surface area contributed by atoms with E-state index < -0.39 is 11.7 Å². The summed E-state index contributed by atoms with van der Waals surface area (Å²) in [7, 11) is 0. The van der Waals surface area contributed by atoms with Crippen molar-refractivity contribution in [2.24, 2.45) is 0 Å². The Kier molecular flexibility index (Phi) is 6.95. The zero-order chi connectivity index (χ0) is 20.7. The highest BCUT2D eigenvalue weighted by molar-refractivity contribution is 5.77. The molecule has 8 heteroatoms. The number of carbonyl (C=O) groups excluding carboxylic acids is 1. The van der Waals surface area contributed by atoms with Gasteiger partial charge in [0.05, 0.1) is 5.56 Å². The second kappa shape index (κ2) is 9.62. The summed E-state index contributed by atoms with van der Waals surface area (Å²) < 4.78 is 42.8. The molecule has 1 aliphatic rings. The van der Waals surface area contributed by atoms with Gasteiger partial charge in [0.1, 0.15) is 11.6 Å². The molecule has 1 aliphatic heterocycles. The summed E-state index contributed by atoms with van der Waals surface area (Å²) in [5.74, 6) is 0.797. The molecule has 1 aromatic carbocycles. The lowest BCUT2D eigenvalue weighted by Crippen LogP contribution is -2.28. The third-order valence-electron chi connectivity index (χ3n) is 4.78. The first kappa shape index (κ1) is 21.0. The SMILES string of the molecule is O=C(COc1ccc(C(F)(F)F)cc1)NCc1ccc(N2CCCCCC2)nc1. The minimum atomic E-state index is -4.40. The molecule has 1 amide bonds. The van der Waals surface area contributed by atoms with E-state index in [0.717, 1.165) is 36.6 Å². The molecule has 0 saturated carbocycles. The molecule has 0 aliphatic carbocycles. The molecule has 2 aromatic rings. The van der Waals surface area contributed by atoms with Crippen LogP contribution < -0.4 is 15.0 Å². The summed E-state index contributed by atoms with van der Waals surface area (Å²) >= 11 is 0. The Labute approximate surface area is 167 Å². The number of aromatic nitrogens is 1. The molecule has 3 rings (SSSR count). The number of ether oxygens (including phenoxy) is 1. The van der Waals surface area contributed by atoms with Crippen LogP contribution in [-0.4, -0.2) is 30.6 Å². The highest BCUT2D eigenvalue weighted by atomic mass is 19.4. The van der Waals surface area contributed by atoms with Gasteiger partial charge >= 0.3 is 6.18 Å². The van der Waals surface area contributed by atoms with Gasteiger partial charge < -0.3 is 15.0 Å². The van der Waals surface area contributed by atoms with E-state index in [2.05, 4.69) is 15.2 Å². The highest BCUT2D eigenvalue weighted by Gasteiger charge is 2.30. The van der Waals surface area contributed by atoms with Crippen molar-refractivity contribution < 1.29 is 22.7 Å². The zero-order valence-corrected chi connectivity index (χ0v) is 16.0. The van der Waals surface area contributed by atoms with Crippen LogP contribution in [0.2, 0.25) is 0 Å². The Morgan fingerprint density at radius 1 is 1.03 bits per heavy atom. The van der Waals surface area contributed by atoms with Gasteiger partial charge in [0.2, 0.25) is 0 Å². The summed E-state index contributed by atoms with van der Waals surface area (Å²) in [5.41, 5.74) is 0.108. The molecule has 0 spiro atoms. The number of nitrogens with one attached hydrogen (secondary N) is 1. The fraction of sp³-hybridized carbons (Fsp3) is 0.429. The topological polar surface area (TPSA) is 54.5 Å². The van der Waals surface area contributed by atoms with Gasteiger partial charge in [-0.1, -0.05) is 18.9 Å². The lowest BCUT2D eigenvalue weighted by molar-refractivity contribution is -0.137. The Balaban J connectivity index is 1.43. The number of rotatable bonds is 6. The quantitative estimate of drug-likeness (QED) is 0.781. The van der Waals surface area contributed by atoms with Crippen molar-refractivity contribution in [2.45, 2.75) is 38.4 Å². The van der Waals surface area contributed by atoms with Crippen LogP contribution in [0, 0.1) is 0 Å². The Hall–Kier alpha value is -2.77. The lowest BCUT2D eigenvalue weighted by Gasteiger charge is -2.21. The third kappa shape index (κ3) is 6.37. The average molecular weight is 407 g/mol. The van der Waals surface area contributed by atoms with Gasteiger partial charge in [-0.15, -0.1) is 0 Å². The number of hydrogen-bond acceptors (Lipinski definition) is 4. The normalized spacial score (nSPS) is 14.9. The first-order chi connectivity index (χ1) is 13.9. The third-order valence-corrected chi connectivity index (χ3v) is 4.78. The maximum atomic E-state index is 12.5. The largest absolute Gasteiger partial charge is 0.484 e. The summed E-state index contributed by atoms with van der Waals surface area (Å²) in [5, 5.41) is 2.72. The highest BCUT2D eigenvalue weighted by Crippen LogP contribution is 2.30. The van der Waals surface area contributed by atoms with E-state index in [4.69, 9.17) is 4.74 Å². The van der Waals surface area contributed by atoms with Gasteiger partial charge in [0.15, 0.2) is 6.61 Å². The van der Waals surface area contributed by atoms with E-state index in [1.54, 1.807) is 6.20 Å². The number of carbonyl (C=O) groups is 1. The molecule has 0 unspecified atom stereocenters. The maximum absolute atomic E-state index is 12.5. The summed E-state index contributed by atoms with van der Waals surface area (Å²) in [6.07, 6.45) is 2.23. The van der Waals surface area contributed by atoms with Crippen molar-refractivity contribution in [3.63, 3.8) is 0 Å². The molecule has 29 heavy (non-hydrogen) atoms. The van der Waals surface area contributed by atoms with Crippen molar-refractivity contribution in [3.05, 3.63) is 53.7 Å². The van der Waals surface area contributed by atoms with E-state index in [1.165, 1.54) is 37.8 Å². The van der Waals surface area contributed by atoms with Crippen molar-refractivity contribution >= 4 is 11.7 Å². The zero-order valence-electron chi connectivity index (χ0n) is 16.0. The monoisotopic (exact) mass is 407 g/mol. The van der Waals surface area contributed by atoms with E-state index in [1.807, 2.05) is 12.1 Å². The standard InChI is InChI=1S/C21H24F3N3O2/c22-21(23,24)17-6-8-18(9-7-17)29-15-20(28)26-14-16-5-10-19(25-13-16)27-11-3-1-2-4-12-27/h5-10,13H,1-4,11-12,14-15H2,(H,26,28). The van der Waals surface area contributed by atoms with Gasteiger partial charge in [-0.3, -0.25) is 4.79 Å². The number of pyridine rings is 1. The Morgan fingerprint density at radius 2 is 1.72 bits per heavy atom. The van der Waals surface area contributed by atoms with E-state index in [0.29, 0.717) is 6.54 Å². The number of amides is 1. The molecule has 1 N–H and O–H groups in total. The van der Waals surface area contributed by atoms with Crippen LogP contribution >= 0.6 is 0 Å². The summed E-state index contributed by atoms with van der Waals surface area (Å²) in [6, 6.07) is 8.13. The number of nitrogens with zero attached hydrogens (tertiary/aromatic N) is 2. The van der Waals surface area contributed by atoms with Gasteiger partial charge in [-0.2, -0.15) is 13.2 Å². The molecule has 156 valence electrons. The van der Waals surface area contributed by atoms with E-state index >= 15 is 0 Å². The average Bonchev–Trinajstić information content (AvgIpc) is 3.00. The molecule has 1 saturated heterocycles. The molecular formula is C21H24F3N3O2. The van der Waals surface area contributed by atoms with Crippen LogP contribution in [0.3, 0.4) is 0 Å². The van der Waals surface area contributed by atoms with Crippen LogP contribution in [-0.2, 0) is 17.5 Å². The summed E-state index contributed by atoms with van der Waals surface area (Å²) in [4.78, 5) is 18.7. The maximum Gasteiger partial charge on any atom is 0.416 e. The predicted molar refractivity (Wildman–Crippen MR) is 104 cm³/mol. The smallest absolute Gasteiger partial charge is 0.416 e. The van der Waals surface area contributed by atoms with Crippen molar-refractivity contribution in [1.82, 2.24) is 10.3 Å². The summed E-state index contributed by atoms with van der Waals surface area (Å²) in [6.45, 7) is 2.07. The molecule has 5 nitrogen and oxygen atoms in total. The minimum absolute atomic E-state index is 0.205. The Bertz CT molecular complexity index is 784. The van der Waals surface area contributed by atoms with Gasteiger partial charge in [0, 0.05) is 25.8 Å². The molecule has 0 bridgehead atoms. The molecule has 1 aromatic heterocycles. The first-order valence-electron chi connectivity index (χ1n) is 9.68. The predicted octanol–water partition coefficient (Wildman–Crippen LogP) is 4.18. The van der Waals surface area contributed by atoms with Gasteiger partial charge in [-0.05, 0) is 48.7 Å². The number of hydrogen-bond donors (Lipinski definition) is 1. The van der Waals surface area contributed by atoms with E-state index in [-0.39, 0.29) is 18.3 Å². The number of halogens is 3. The number of alkyl halides is 3. The molecular weight excluding hydrogens is 383 g/mol.